The molecule has 0 bridgehead atoms. The van der Waals surface area contributed by atoms with Crippen LogP contribution in [0.4, 0.5) is 0 Å². The minimum atomic E-state index is -0.917. The van der Waals surface area contributed by atoms with Gasteiger partial charge in [-0.3, -0.25) is 9.59 Å². The Morgan fingerprint density at radius 1 is 1.17 bits per heavy atom. The zero-order valence-electron chi connectivity index (χ0n) is 19.9. The van der Waals surface area contributed by atoms with Gasteiger partial charge in [-0.2, -0.15) is 0 Å². The number of rotatable bonds is 11. The molecule has 1 aliphatic rings. The molecule has 0 aromatic rings. The van der Waals surface area contributed by atoms with E-state index in [0.29, 0.717) is 30.6 Å². The Morgan fingerprint density at radius 3 is 2.23 bits per heavy atom. The van der Waals surface area contributed by atoms with Gasteiger partial charge in [-0.1, -0.05) is 58.3 Å². The summed E-state index contributed by atoms with van der Waals surface area (Å²) in [6.45, 7) is 12.0. The van der Waals surface area contributed by atoms with Crippen molar-refractivity contribution in [3.8, 4) is 0 Å². The molecular formula is C25H44O5. The molecular weight excluding hydrogens is 380 g/mol. The van der Waals surface area contributed by atoms with Crippen molar-refractivity contribution in [1.82, 2.24) is 0 Å². The van der Waals surface area contributed by atoms with Gasteiger partial charge in [-0.05, 0) is 69.8 Å². The van der Waals surface area contributed by atoms with Crippen LogP contribution in [0.5, 0.6) is 0 Å². The third kappa shape index (κ3) is 10.4. The van der Waals surface area contributed by atoms with Gasteiger partial charge in [0.05, 0.1) is 17.9 Å². The average Bonchev–Trinajstić information content (AvgIpc) is 2.67. The smallest absolute Gasteiger partial charge is 0.309 e. The fourth-order valence-electron chi connectivity index (χ4n) is 3.82. The summed E-state index contributed by atoms with van der Waals surface area (Å²) in [5.74, 6) is 0.287. The van der Waals surface area contributed by atoms with Crippen molar-refractivity contribution in [1.29, 1.82) is 0 Å². The molecule has 5 heteroatoms. The van der Waals surface area contributed by atoms with Crippen molar-refractivity contribution < 1.29 is 24.9 Å². The summed E-state index contributed by atoms with van der Waals surface area (Å²) in [6, 6.07) is 0. The van der Waals surface area contributed by atoms with Gasteiger partial charge in [0.2, 0.25) is 0 Å². The van der Waals surface area contributed by atoms with E-state index >= 15 is 0 Å². The Labute approximate surface area is 183 Å². The SMILES string of the molecule is C/C=C1/C=CC(C)C(CCCCC(O)CC(=O)O)C1CCC.CCC(C)(C)C(=O)O. The second-order valence-electron chi connectivity index (χ2n) is 9.14. The summed E-state index contributed by atoms with van der Waals surface area (Å²) < 4.78 is 0. The lowest BCUT2D eigenvalue weighted by molar-refractivity contribution is -0.147. The number of carboxylic acids is 2. The van der Waals surface area contributed by atoms with Crippen LogP contribution in [-0.4, -0.2) is 33.4 Å². The van der Waals surface area contributed by atoms with Crippen molar-refractivity contribution in [3.63, 3.8) is 0 Å². The molecule has 0 aromatic carbocycles. The van der Waals surface area contributed by atoms with Crippen molar-refractivity contribution >= 4 is 11.9 Å². The molecule has 0 saturated heterocycles. The quantitative estimate of drug-likeness (QED) is 0.350. The molecule has 0 fully saturated rings. The highest BCUT2D eigenvalue weighted by molar-refractivity contribution is 5.73. The number of carboxylic acid groups (broad SMARTS) is 2. The molecule has 4 atom stereocenters. The number of aliphatic hydroxyl groups excluding tert-OH is 1. The lowest BCUT2D eigenvalue weighted by Gasteiger charge is -2.35. The van der Waals surface area contributed by atoms with Crippen LogP contribution in [0.1, 0.15) is 92.9 Å². The Hall–Kier alpha value is -1.62. The largest absolute Gasteiger partial charge is 0.481 e. The van der Waals surface area contributed by atoms with E-state index in [9.17, 15) is 14.7 Å². The Kier molecular flexibility index (Phi) is 13.6. The number of aliphatic carboxylic acids is 2. The van der Waals surface area contributed by atoms with Crippen LogP contribution in [0.3, 0.4) is 0 Å². The first-order chi connectivity index (χ1) is 14.0. The number of aliphatic hydroxyl groups is 1. The van der Waals surface area contributed by atoms with Gasteiger partial charge in [0.25, 0.3) is 0 Å². The normalized spacial score (nSPS) is 23.6. The van der Waals surface area contributed by atoms with E-state index in [-0.39, 0.29) is 6.42 Å². The lowest BCUT2D eigenvalue weighted by Crippen LogP contribution is -2.25. The number of hydrogen-bond acceptors (Lipinski definition) is 3. The summed E-state index contributed by atoms with van der Waals surface area (Å²) in [5, 5.41) is 26.7. The van der Waals surface area contributed by atoms with Crippen LogP contribution in [0.15, 0.2) is 23.8 Å². The van der Waals surface area contributed by atoms with E-state index in [1.165, 1.54) is 18.4 Å². The molecule has 4 unspecified atom stereocenters. The van der Waals surface area contributed by atoms with E-state index in [1.54, 1.807) is 13.8 Å². The molecule has 3 N–H and O–H groups in total. The van der Waals surface area contributed by atoms with Crippen LogP contribution < -0.4 is 0 Å². The predicted molar refractivity (Wildman–Crippen MR) is 122 cm³/mol. The number of carbonyl (C=O) groups is 2. The number of hydrogen-bond donors (Lipinski definition) is 3. The minimum Gasteiger partial charge on any atom is -0.481 e. The van der Waals surface area contributed by atoms with Crippen LogP contribution in [0.2, 0.25) is 0 Å². The molecule has 0 radical (unpaired) electrons. The van der Waals surface area contributed by atoms with E-state index in [0.717, 1.165) is 19.3 Å². The van der Waals surface area contributed by atoms with Gasteiger partial charge in [0, 0.05) is 0 Å². The van der Waals surface area contributed by atoms with Crippen molar-refractivity contribution in [3.05, 3.63) is 23.8 Å². The first kappa shape index (κ1) is 28.4. The minimum absolute atomic E-state index is 0.135. The maximum atomic E-state index is 10.5. The fourth-order valence-corrected chi connectivity index (χ4v) is 3.82. The van der Waals surface area contributed by atoms with Gasteiger partial charge in [0.15, 0.2) is 0 Å². The van der Waals surface area contributed by atoms with Gasteiger partial charge in [0.1, 0.15) is 0 Å². The second kappa shape index (κ2) is 14.4. The van der Waals surface area contributed by atoms with Gasteiger partial charge in [-0.15, -0.1) is 0 Å². The van der Waals surface area contributed by atoms with Gasteiger partial charge >= 0.3 is 11.9 Å². The molecule has 0 amide bonds. The maximum Gasteiger partial charge on any atom is 0.309 e. The summed E-state index contributed by atoms with van der Waals surface area (Å²) in [6.07, 6.45) is 12.9. The lowest BCUT2D eigenvalue weighted by atomic mass is 9.70. The highest BCUT2D eigenvalue weighted by atomic mass is 16.4. The van der Waals surface area contributed by atoms with Crippen LogP contribution in [0.25, 0.3) is 0 Å². The zero-order valence-corrected chi connectivity index (χ0v) is 19.9. The summed E-state index contributed by atoms with van der Waals surface area (Å²) in [4.78, 5) is 20.8. The number of allylic oxidation sites excluding steroid dienone is 4. The average molecular weight is 425 g/mol. The molecule has 1 aliphatic carbocycles. The molecule has 30 heavy (non-hydrogen) atoms. The van der Waals surface area contributed by atoms with E-state index in [1.807, 2.05) is 6.92 Å². The maximum absolute atomic E-state index is 10.5. The molecule has 0 heterocycles. The van der Waals surface area contributed by atoms with E-state index in [2.05, 4.69) is 39.0 Å². The number of unbranched alkanes of at least 4 members (excludes halogenated alkanes) is 1. The molecule has 0 saturated carbocycles. The summed E-state index contributed by atoms with van der Waals surface area (Å²) in [5.41, 5.74) is 0.927. The van der Waals surface area contributed by atoms with E-state index < -0.39 is 23.5 Å². The Balaban J connectivity index is 0.000000890. The molecule has 174 valence electrons. The summed E-state index contributed by atoms with van der Waals surface area (Å²) >= 11 is 0. The third-order valence-corrected chi connectivity index (χ3v) is 6.34. The molecule has 0 aromatic heterocycles. The highest BCUT2D eigenvalue weighted by Crippen LogP contribution is 2.39. The topological polar surface area (TPSA) is 94.8 Å². The van der Waals surface area contributed by atoms with Gasteiger partial charge in [-0.25, -0.2) is 0 Å². The van der Waals surface area contributed by atoms with Crippen LogP contribution in [0, 0.1) is 23.2 Å². The molecule has 0 aliphatic heterocycles. The Bertz CT molecular complexity index is 576. The molecule has 1 rings (SSSR count). The Morgan fingerprint density at radius 2 is 1.80 bits per heavy atom. The van der Waals surface area contributed by atoms with Crippen molar-refractivity contribution in [2.45, 2.75) is 99.0 Å². The first-order valence-electron chi connectivity index (χ1n) is 11.5. The van der Waals surface area contributed by atoms with Crippen molar-refractivity contribution in [2.24, 2.45) is 23.2 Å². The third-order valence-electron chi connectivity index (χ3n) is 6.34. The molecule has 5 nitrogen and oxygen atoms in total. The van der Waals surface area contributed by atoms with Crippen LogP contribution >= 0.6 is 0 Å². The predicted octanol–water partition coefficient (Wildman–Crippen LogP) is 6.07. The first-order valence-corrected chi connectivity index (χ1v) is 11.5. The zero-order chi connectivity index (χ0) is 23.3. The van der Waals surface area contributed by atoms with E-state index in [4.69, 9.17) is 10.2 Å². The van der Waals surface area contributed by atoms with Crippen molar-refractivity contribution in [2.75, 3.05) is 0 Å². The van der Waals surface area contributed by atoms with Crippen LogP contribution in [-0.2, 0) is 9.59 Å². The highest BCUT2D eigenvalue weighted by Gasteiger charge is 2.29. The fraction of sp³-hybridized carbons (Fsp3) is 0.760. The monoisotopic (exact) mass is 424 g/mol. The summed E-state index contributed by atoms with van der Waals surface area (Å²) in [7, 11) is 0. The standard InChI is InChI=1S/C19H32O3.C6H12O2/c1-4-8-18-15(5-2)12-11-14(3)17(18)10-7-6-9-16(20)13-19(21)22;1-4-6(2,3)5(7)8/h5,11-12,14,16-18,20H,4,6-10,13H2,1-3H3,(H,21,22);4H2,1-3H3,(H,7,8)/b15-5-;. The van der Waals surface area contributed by atoms with Gasteiger partial charge < -0.3 is 15.3 Å². The second-order valence-corrected chi connectivity index (χ2v) is 9.14. The molecule has 0 spiro atoms.